The molecule has 0 aromatic heterocycles. The molecule has 1 unspecified atom stereocenters. The summed E-state index contributed by atoms with van der Waals surface area (Å²) in [4.78, 5) is 0. The fraction of sp³-hybridized carbons (Fsp3) is 0.667. The molecule has 0 saturated heterocycles. The van der Waals surface area contributed by atoms with Crippen LogP contribution in [0.2, 0.25) is 0 Å². The summed E-state index contributed by atoms with van der Waals surface area (Å²) in [6.45, 7) is 0. The first-order valence-electron chi connectivity index (χ1n) is 2.97. The van der Waals surface area contributed by atoms with E-state index in [9.17, 15) is 13.2 Å². The van der Waals surface area contributed by atoms with Gasteiger partial charge in [-0.25, -0.2) is 0 Å². The van der Waals surface area contributed by atoms with Crippen molar-refractivity contribution in [3.63, 3.8) is 0 Å². The Kier molecular flexibility index (Phi) is 1.72. The predicted octanol–water partition coefficient (Wildman–Crippen LogP) is 1.63. The highest BCUT2D eigenvalue weighted by Crippen LogP contribution is 2.33. The third-order valence-electron chi connectivity index (χ3n) is 1.49. The van der Waals surface area contributed by atoms with Crippen molar-refractivity contribution in [3.05, 3.63) is 11.6 Å². The molecule has 10 heavy (non-hydrogen) atoms. The Bertz CT molecular complexity index is 159. The average Bonchev–Trinajstić information content (AvgIpc) is 2.11. The molecule has 1 aliphatic carbocycles. The van der Waals surface area contributed by atoms with Gasteiger partial charge in [0.2, 0.25) is 0 Å². The molecule has 0 spiro atoms. The van der Waals surface area contributed by atoms with Gasteiger partial charge in [0, 0.05) is 0 Å². The highest BCUT2D eigenvalue weighted by molar-refractivity contribution is 5.18. The minimum absolute atomic E-state index is 0.203. The second-order valence-corrected chi connectivity index (χ2v) is 2.25. The van der Waals surface area contributed by atoms with Crippen molar-refractivity contribution in [1.29, 1.82) is 0 Å². The molecule has 0 heterocycles. The monoisotopic (exact) mass is 152 g/mol. The van der Waals surface area contributed by atoms with Gasteiger partial charge in [-0.3, -0.25) is 0 Å². The first-order valence-corrected chi connectivity index (χ1v) is 2.97. The highest BCUT2D eigenvalue weighted by atomic mass is 19.4. The lowest BCUT2D eigenvalue weighted by Gasteiger charge is -2.10. The van der Waals surface area contributed by atoms with Crippen LogP contribution in [0.1, 0.15) is 12.8 Å². The number of aliphatic hydroxyl groups excluding tert-OH is 1. The second kappa shape index (κ2) is 2.27. The quantitative estimate of drug-likeness (QED) is 0.523. The molecule has 0 amide bonds. The molecule has 0 aliphatic heterocycles. The van der Waals surface area contributed by atoms with Crippen molar-refractivity contribution >= 4 is 0 Å². The fourth-order valence-corrected chi connectivity index (χ4v) is 0.993. The molecule has 0 fully saturated rings. The molecule has 1 aliphatic rings. The molecule has 1 nitrogen and oxygen atoms in total. The molecule has 0 aromatic rings. The summed E-state index contributed by atoms with van der Waals surface area (Å²) in [7, 11) is 0. The van der Waals surface area contributed by atoms with Crippen LogP contribution in [0.3, 0.4) is 0 Å². The van der Waals surface area contributed by atoms with E-state index in [2.05, 4.69) is 0 Å². The van der Waals surface area contributed by atoms with E-state index < -0.39 is 17.9 Å². The van der Waals surface area contributed by atoms with E-state index in [1.54, 1.807) is 0 Å². The van der Waals surface area contributed by atoms with E-state index in [4.69, 9.17) is 5.11 Å². The van der Waals surface area contributed by atoms with E-state index in [0.717, 1.165) is 6.08 Å². The molecular weight excluding hydrogens is 145 g/mol. The van der Waals surface area contributed by atoms with Gasteiger partial charge >= 0.3 is 6.18 Å². The lowest BCUT2D eigenvalue weighted by Crippen LogP contribution is -2.20. The van der Waals surface area contributed by atoms with Crippen LogP contribution in [0.15, 0.2) is 11.6 Å². The molecule has 0 saturated carbocycles. The zero-order valence-electron chi connectivity index (χ0n) is 5.15. The number of hydrogen-bond acceptors (Lipinski definition) is 1. The van der Waals surface area contributed by atoms with Crippen molar-refractivity contribution in [2.45, 2.75) is 25.1 Å². The number of hydrogen-bond donors (Lipinski definition) is 1. The van der Waals surface area contributed by atoms with Crippen LogP contribution in [0.25, 0.3) is 0 Å². The van der Waals surface area contributed by atoms with E-state index in [1.807, 2.05) is 0 Å². The molecular formula is C6H7F3O. The topological polar surface area (TPSA) is 20.2 Å². The van der Waals surface area contributed by atoms with Crippen molar-refractivity contribution in [3.8, 4) is 0 Å². The third kappa shape index (κ3) is 1.31. The smallest absolute Gasteiger partial charge is 0.388 e. The zero-order chi connectivity index (χ0) is 7.78. The number of alkyl halides is 3. The fourth-order valence-electron chi connectivity index (χ4n) is 0.993. The number of allylic oxidation sites excluding steroid dienone is 1. The van der Waals surface area contributed by atoms with Crippen molar-refractivity contribution in [2.75, 3.05) is 0 Å². The van der Waals surface area contributed by atoms with Crippen molar-refractivity contribution in [1.82, 2.24) is 0 Å². The van der Waals surface area contributed by atoms with Gasteiger partial charge in [-0.2, -0.15) is 13.2 Å². The largest absolute Gasteiger partial charge is 0.414 e. The van der Waals surface area contributed by atoms with Gasteiger partial charge in [0.05, 0.1) is 11.7 Å². The first kappa shape index (κ1) is 7.60. The van der Waals surface area contributed by atoms with Crippen LogP contribution in [0.5, 0.6) is 0 Å². The molecule has 1 atom stereocenters. The Hall–Kier alpha value is -0.510. The number of rotatable bonds is 0. The van der Waals surface area contributed by atoms with E-state index >= 15 is 0 Å². The Morgan fingerprint density at radius 1 is 1.50 bits per heavy atom. The minimum atomic E-state index is -4.34. The average molecular weight is 152 g/mol. The molecule has 4 heteroatoms. The summed E-state index contributed by atoms with van der Waals surface area (Å²) in [6.07, 6.45) is -4.05. The van der Waals surface area contributed by atoms with Crippen LogP contribution in [-0.4, -0.2) is 17.4 Å². The molecule has 1 N–H and O–H groups in total. The molecule has 58 valence electrons. The third-order valence-corrected chi connectivity index (χ3v) is 1.49. The number of halogens is 3. The van der Waals surface area contributed by atoms with Gasteiger partial charge in [0.1, 0.15) is 0 Å². The minimum Gasteiger partial charge on any atom is -0.388 e. The lowest BCUT2D eigenvalue weighted by molar-refractivity contribution is -0.103. The Balaban J connectivity index is 2.72. The summed E-state index contributed by atoms with van der Waals surface area (Å²) in [6, 6.07) is 0. The predicted molar refractivity (Wildman–Crippen MR) is 29.4 cm³/mol. The molecule has 0 aromatic carbocycles. The summed E-state index contributed by atoms with van der Waals surface area (Å²) in [5.74, 6) is 0. The SMILES string of the molecule is OC1CCC=C1C(F)(F)F. The molecule has 1 rings (SSSR count). The Morgan fingerprint density at radius 2 is 2.10 bits per heavy atom. The van der Waals surface area contributed by atoms with Gasteiger partial charge in [-0.15, -0.1) is 0 Å². The van der Waals surface area contributed by atoms with Gasteiger partial charge < -0.3 is 5.11 Å². The maximum atomic E-state index is 11.8. The molecule has 0 bridgehead atoms. The van der Waals surface area contributed by atoms with Crippen LogP contribution in [0.4, 0.5) is 13.2 Å². The lowest BCUT2D eigenvalue weighted by atomic mass is 10.2. The van der Waals surface area contributed by atoms with Crippen LogP contribution in [0, 0.1) is 0 Å². The van der Waals surface area contributed by atoms with Gasteiger partial charge in [-0.05, 0) is 12.8 Å². The van der Waals surface area contributed by atoms with Crippen LogP contribution >= 0.6 is 0 Å². The van der Waals surface area contributed by atoms with E-state index in [0.29, 0.717) is 6.42 Å². The second-order valence-electron chi connectivity index (χ2n) is 2.25. The van der Waals surface area contributed by atoms with Gasteiger partial charge in [-0.1, -0.05) is 6.08 Å². The summed E-state index contributed by atoms with van der Waals surface area (Å²) in [5.41, 5.74) is -0.785. The Labute approximate surface area is 56.2 Å². The summed E-state index contributed by atoms with van der Waals surface area (Å²) >= 11 is 0. The van der Waals surface area contributed by atoms with Crippen LogP contribution < -0.4 is 0 Å². The summed E-state index contributed by atoms with van der Waals surface area (Å²) in [5, 5.41) is 8.74. The maximum absolute atomic E-state index is 11.8. The van der Waals surface area contributed by atoms with Gasteiger partial charge in [0.15, 0.2) is 0 Å². The normalized spacial score (nSPS) is 26.8. The van der Waals surface area contributed by atoms with E-state index in [1.165, 1.54) is 0 Å². The Morgan fingerprint density at radius 3 is 2.30 bits per heavy atom. The zero-order valence-corrected chi connectivity index (χ0v) is 5.15. The summed E-state index contributed by atoms with van der Waals surface area (Å²) < 4.78 is 35.3. The van der Waals surface area contributed by atoms with E-state index in [-0.39, 0.29) is 6.42 Å². The van der Waals surface area contributed by atoms with Crippen LogP contribution in [-0.2, 0) is 0 Å². The highest BCUT2D eigenvalue weighted by Gasteiger charge is 2.39. The number of aliphatic hydroxyl groups is 1. The standard InChI is InChI=1S/C6H7F3O/c7-6(8,9)4-2-1-3-5(4)10/h2,5,10H,1,3H2. The first-order chi connectivity index (χ1) is 4.52. The van der Waals surface area contributed by atoms with Gasteiger partial charge in [0.25, 0.3) is 0 Å². The molecule has 0 radical (unpaired) electrons. The van der Waals surface area contributed by atoms with Crippen molar-refractivity contribution in [2.24, 2.45) is 0 Å². The van der Waals surface area contributed by atoms with Crippen molar-refractivity contribution < 1.29 is 18.3 Å². The maximum Gasteiger partial charge on any atom is 0.414 e.